The third-order valence-electron chi connectivity index (χ3n) is 22.1. The second-order valence-electron chi connectivity index (χ2n) is 32.8. The molecule has 0 bridgehead atoms. The Labute approximate surface area is 650 Å². The summed E-state index contributed by atoms with van der Waals surface area (Å²) in [5, 5.41) is 4.64. The molecule has 18 aromatic rings. The smallest absolute Gasteiger partial charge is 0.252 e. The van der Waals surface area contributed by atoms with Gasteiger partial charge in [-0.1, -0.05) is 283 Å². The Kier molecular flexibility index (Phi) is 10.4. The van der Waals surface area contributed by atoms with Crippen molar-refractivity contribution in [3.05, 3.63) is 307 Å². The summed E-state index contributed by atoms with van der Waals surface area (Å²) in [4.78, 5) is 4.26. The Morgan fingerprint density at radius 3 is 1.03 bits per heavy atom. The number of hydrogen-bond donors (Lipinski definition) is 0. The normalized spacial score (nSPS) is 15.7. The molecule has 20 rings (SSSR count). The molecule has 6 heterocycles. The fraction of sp³-hybridized carbons (Fsp3) is 0.160. The average molecular weight is 1400 g/mol. The van der Waals surface area contributed by atoms with Crippen molar-refractivity contribution >= 4 is 145 Å². The van der Waals surface area contributed by atoms with Gasteiger partial charge in [0, 0.05) is 65.8 Å². The van der Waals surface area contributed by atoms with Crippen LogP contribution in [0.3, 0.4) is 0 Å². The lowest BCUT2D eigenvalue weighted by Gasteiger charge is -2.44. The molecule has 0 amide bonds. The van der Waals surface area contributed by atoms with E-state index in [-0.39, 0.29) is 66.2 Å². The molecule has 7 heteroatoms. The van der Waals surface area contributed by atoms with Crippen LogP contribution in [-0.4, -0.2) is 15.8 Å². The maximum Gasteiger partial charge on any atom is 0.252 e. The highest BCUT2D eigenvalue weighted by Crippen LogP contribution is 2.53. The van der Waals surface area contributed by atoms with E-state index >= 15 is 0 Å². The van der Waals surface area contributed by atoms with Crippen molar-refractivity contribution < 1.29 is 33.5 Å². The maximum absolute atomic E-state index is 9.62. The van der Waals surface area contributed by atoms with Gasteiger partial charge >= 0.3 is 0 Å². The Hall–Kier alpha value is -12.1. The van der Waals surface area contributed by atoms with Gasteiger partial charge < -0.3 is 27.8 Å². The highest BCUT2D eigenvalue weighted by Gasteiger charge is 2.45. The van der Waals surface area contributed by atoms with E-state index in [0.717, 1.165) is 66.0 Å². The van der Waals surface area contributed by atoms with Gasteiger partial charge in [-0.15, -0.1) is 0 Å². The summed E-state index contributed by atoms with van der Waals surface area (Å²) in [6.45, 7) is 25.7. The molecule has 2 aliphatic rings. The topological polar surface area (TPSA) is 42.6 Å². The zero-order valence-electron chi connectivity index (χ0n) is 79.4. The van der Waals surface area contributed by atoms with Crippen LogP contribution in [0.5, 0.6) is 0 Å². The van der Waals surface area contributed by atoms with E-state index in [1.54, 1.807) is 24.3 Å². The van der Waals surface area contributed by atoms with Gasteiger partial charge in [-0.3, -0.25) is 0 Å². The quantitative estimate of drug-likeness (QED) is 0.149. The lowest BCUT2D eigenvalue weighted by molar-refractivity contribution is 0.569. The Bertz CT molecular complexity index is 7690. The van der Waals surface area contributed by atoms with Crippen LogP contribution in [0, 0.1) is 0 Å². The van der Waals surface area contributed by atoms with E-state index in [9.17, 15) is 11.0 Å². The van der Waals surface area contributed by atoms with E-state index in [2.05, 4.69) is 188 Å². The zero-order valence-corrected chi connectivity index (χ0v) is 61.4. The number of fused-ring (bicyclic) bond motifs is 16. The number of hydrogen-bond acceptors (Lipinski definition) is 4. The predicted molar refractivity (Wildman–Crippen MR) is 455 cm³/mol. The first-order chi connectivity index (χ1) is 59.1. The second kappa shape index (κ2) is 23.2. The molecule has 0 saturated carbocycles. The highest BCUT2D eigenvalue weighted by atomic mass is 16.3. The summed E-state index contributed by atoms with van der Waals surface area (Å²) < 4.78 is 186. The van der Waals surface area contributed by atoms with Crippen molar-refractivity contribution in [2.45, 2.75) is 105 Å². The summed E-state index contributed by atoms with van der Waals surface area (Å²) >= 11 is 0. The Balaban J connectivity index is 0.935. The molecule has 0 unspecified atom stereocenters. The molecule has 0 fully saturated rings. The molecule has 0 atom stereocenters. The van der Waals surface area contributed by atoms with E-state index in [4.69, 9.17) is 22.5 Å². The van der Waals surface area contributed by atoms with Gasteiger partial charge in [0.25, 0.3) is 6.71 Å². The van der Waals surface area contributed by atoms with E-state index in [1.807, 2.05) is 60.7 Å². The number of rotatable bonds is 7. The van der Waals surface area contributed by atoms with Crippen LogP contribution in [0.15, 0.2) is 294 Å². The van der Waals surface area contributed by atoms with E-state index in [0.29, 0.717) is 72.6 Å². The van der Waals surface area contributed by atoms with Crippen molar-refractivity contribution in [2.24, 2.45) is 0 Å². The maximum atomic E-state index is 9.62. The van der Waals surface area contributed by atoms with Crippen LogP contribution in [0.25, 0.3) is 132 Å². The summed E-state index contributed by atoms with van der Waals surface area (Å²) in [6, 6.07) is 49.8. The number of aromatic nitrogens is 2. The van der Waals surface area contributed by atoms with Crippen LogP contribution in [0.2, 0.25) is 0 Å². The average Bonchev–Trinajstić information content (AvgIpc) is 1.50. The molecule has 0 saturated heterocycles. The third-order valence-corrected chi connectivity index (χ3v) is 22.1. The van der Waals surface area contributed by atoms with Crippen molar-refractivity contribution in [1.29, 1.82) is 0 Å². The first-order valence-electron chi connectivity index (χ1n) is 45.4. The van der Waals surface area contributed by atoms with E-state index in [1.165, 1.54) is 15.7 Å². The third kappa shape index (κ3) is 9.99. The minimum atomic E-state index is -0.786. The summed E-state index contributed by atoms with van der Waals surface area (Å²) in [5.41, 5.74) is 15.1. The molecular formula is C100H83BN4O2. The second-order valence-corrected chi connectivity index (χ2v) is 32.8. The standard InChI is InChI=1S/C100H83BN4O2/c1-97(2,3)66-45-49-82-76(58-66)77-59-67(98(4,5)6)46-50-83(77)103(82)85-40-24-34-73-75-36-26-42-87(96(75)107-94(73)85)105-89-54-63(61-29-17-14-18-30-61)44-48-79(89)101-78-47-43-62(60-27-15-13-16-28-60)53-88(78)104(90-55-65(56-91(105)92(90)101)64-51-68(99(7,8)9)57-69(52-64)100(10,11)12)86-41-25-35-74-72-33-23-39-84(93(72)106-95(74)86)102-80-37-21-19-31-70(80)71-32-20-22-38-81(71)102/h13-59H,1-12H3/i13D,14D,15D,16D,17D,18D,19D,20D,21D,22D,27D,28D,29D,30D,31D,32D,37D,38D. The van der Waals surface area contributed by atoms with Crippen molar-refractivity contribution in [1.82, 2.24) is 9.13 Å². The minimum Gasteiger partial charge on any atom is -0.452 e. The molecule has 4 aromatic heterocycles. The van der Waals surface area contributed by atoms with Crippen LogP contribution >= 0.6 is 0 Å². The summed E-state index contributed by atoms with van der Waals surface area (Å²) in [6.07, 6.45) is 0. The molecule has 107 heavy (non-hydrogen) atoms. The van der Waals surface area contributed by atoms with Crippen molar-refractivity contribution in [2.75, 3.05) is 9.80 Å². The van der Waals surface area contributed by atoms with Gasteiger partial charge in [-0.05, 0) is 179 Å². The molecule has 0 spiro atoms. The molecular weight excluding hydrogens is 1300 g/mol. The highest BCUT2D eigenvalue weighted by molar-refractivity contribution is 7.00. The summed E-state index contributed by atoms with van der Waals surface area (Å²) in [7, 11) is 0. The molecule has 6 nitrogen and oxygen atoms in total. The first-order valence-corrected chi connectivity index (χ1v) is 36.4. The van der Waals surface area contributed by atoms with Gasteiger partial charge in [0.05, 0.1) is 69.5 Å². The van der Waals surface area contributed by atoms with Gasteiger partial charge in [0.1, 0.15) is 0 Å². The number of anilines is 6. The molecule has 0 N–H and O–H groups in total. The molecule has 2 aliphatic heterocycles. The Morgan fingerprint density at radius 2 is 0.617 bits per heavy atom. The number of benzene rings is 14. The van der Waals surface area contributed by atoms with Gasteiger partial charge in [0.2, 0.25) is 0 Å². The zero-order chi connectivity index (χ0) is 88.6. The van der Waals surface area contributed by atoms with Crippen LogP contribution < -0.4 is 26.2 Å². The summed E-state index contributed by atoms with van der Waals surface area (Å²) in [5.74, 6) is 0. The lowest BCUT2D eigenvalue weighted by atomic mass is 9.33. The number of furan rings is 2. The largest absolute Gasteiger partial charge is 0.452 e. The monoisotopic (exact) mass is 1400 g/mol. The SMILES string of the molecule is [2H]c1c([2H])c([2H])c(-c2ccc3c(c2)N(c2cccc4c2oc2c(-n5c6ccc(C(C)(C)C)cc6c6cc(C(C)(C)C)ccc65)cccc24)c2cc(-c4cc(C(C)(C)C)cc(C(C)(C)C)c4)cc4c2B3c2ccc(-c3c([2H])c([2H])c([2H])c([2H])c3[2H])cc2N4c2cccc3c2oc2c(-n4c5c([2H])c([2H])c([2H])c([2H])c5c5c([2H])c([2H])c([2H])c([2H])c54)cccc23)c([2H])c1[2H]. The molecule has 14 aromatic carbocycles. The fourth-order valence-corrected chi connectivity index (χ4v) is 16.6. The van der Waals surface area contributed by atoms with Gasteiger partial charge in [0.15, 0.2) is 22.3 Å². The number of nitrogens with zero attached hydrogens (tertiary/aromatic N) is 4. The predicted octanol–water partition coefficient (Wildman–Crippen LogP) is 26.0. The van der Waals surface area contributed by atoms with Gasteiger partial charge in [-0.25, -0.2) is 0 Å². The number of para-hydroxylation sites is 6. The Morgan fingerprint density at radius 1 is 0.262 bits per heavy atom. The van der Waals surface area contributed by atoms with Crippen molar-refractivity contribution in [3.63, 3.8) is 0 Å². The molecule has 0 aliphatic carbocycles. The first kappa shape index (κ1) is 48.1. The van der Waals surface area contributed by atoms with Crippen LogP contribution in [-0.2, 0) is 21.7 Å². The lowest BCUT2D eigenvalue weighted by Crippen LogP contribution is -2.61. The van der Waals surface area contributed by atoms with Crippen molar-refractivity contribution in [3.8, 4) is 44.8 Å². The minimum absolute atomic E-state index is 0.0257. The van der Waals surface area contributed by atoms with Gasteiger partial charge in [-0.2, -0.15) is 0 Å². The van der Waals surface area contributed by atoms with E-state index < -0.39 is 126 Å². The molecule has 0 radical (unpaired) electrons. The van der Waals surface area contributed by atoms with Crippen LogP contribution in [0.4, 0.5) is 34.1 Å². The van der Waals surface area contributed by atoms with Crippen LogP contribution in [0.1, 0.15) is 130 Å². The fourth-order valence-electron chi connectivity index (χ4n) is 16.6. The molecule has 518 valence electrons.